The van der Waals surface area contributed by atoms with Gasteiger partial charge in [0.15, 0.2) is 6.61 Å². The fourth-order valence-corrected chi connectivity index (χ4v) is 3.19. The molecule has 1 aliphatic heterocycles. The van der Waals surface area contributed by atoms with Gasteiger partial charge in [0.2, 0.25) is 0 Å². The molecule has 2 heterocycles. The molecule has 0 aliphatic carbocycles. The number of aromatic nitrogens is 1. The number of halogens is 3. The summed E-state index contributed by atoms with van der Waals surface area (Å²) in [4.78, 5) is 32.1. The Morgan fingerprint density at radius 1 is 1.06 bits per heavy atom. The lowest BCUT2D eigenvalue weighted by molar-refractivity contribution is -0.153. The van der Waals surface area contributed by atoms with Gasteiger partial charge < -0.3 is 15.0 Å². The van der Waals surface area contributed by atoms with E-state index in [4.69, 9.17) is 4.74 Å². The molecule has 31 heavy (non-hydrogen) atoms. The smallest absolute Gasteiger partial charge is 0.422 e. The van der Waals surface area contributed by atoms with E-state index >= 15 is 0 Å². The monoisotopic (exact) mass is 436 g/mol. The quantitative estimate of drug-likeness (QED) is 0.753. The summed E-state index contributed by atoms with van der Waals surface area (Å²) in [5, 5.41) is 2.48. The lowest BCUT2D eigenvalue weighted by atomic mass is 10.1. The number of carbonyl (C=O) groups is 2. The molecule has 2 amide bonds. The van der Waals surface area contributed by atoms with Crippen LogP contribution in [0, 0.1) is 0 Å². The van der Waals surface area contributed by atoms with Gasteiger partial charge in [0.1, 0.15) is 11.4 Å². The van der Waals surface area contributed by atoms with Gasteiger partial charge in [-0.2, -0.15) is 13.2 Å². The van der Waals surface area contributed by atoms with Gasteiger partial charge >= 0.3 is 6.18 Å². The summed E-state index contributed by atoms with van der Waals surface area (Å²) < 4.78 is 41.3. The number of nitrogens with zero attached hydrogens (tertiary/aromatic N) is 3. The summed E-state index contributed by atoms with van der Waals surface area (Å²) in [6.07, 6.45) is -2.96. The second-order valence-corrected chi connectivity index (χ2v) is 7.13. The van der Waals surface area contributed by atoms with Crippen LogP contribution in [0.25, 0.3) is 0 Å². The predicted molar refractivity (Wildman–Crippen MR) is 107 cm³/mol. The van der Waals surface area contributed by atoms with Crippen molar-refractivity contribution in [2.24, 2.45) is 0 Å². The van der Waals surface area contributed by atoms with E-state index in [1.807, 2.05) is 0 Å². The molecule has 1 fully saturated rings. The maximum absolute atomic E-state index is 12.7. The summed E-state index contributed by atoms with van der Waals surface area (Å²) in [5.74, 6) is -0.276. The molecular weight excluding hydrogens is 413 g/mol. The highest BCUT2D eigenvalue weighted by atomic mass is 19.4. The average molecular weight is 436 g/mol. The molecule has 0 atom stereocenters. The zero-order valence-corrected chi connectivity index (χ0v) is 17.0. The van der Waals surface area contributed by atoms with E-state index in [0.29, 0.717) is 38.3 Å². The first kappa shape index (κ1) is 22.5. The minimum atomic E-state index is -4.36. The zero-order valence-electron chi connectivity index (χ0n) is 17.0. The highest BCUT2D eigenvalue weighted by Crippen LogP contribution is 2.20. The van der Waals surface area contributed by atoms with Crippen molar-refractivity contribution in [1.82, 2.24) is 20.1 Å². The number of pyridine rings is 1. The third kappa shape index (κ3) is 6.42. The van der Waals surface area contributed by atoms with Crippen LogP contribution in [0.2, 0.25) is 0 Å². The van der Waals surface area contributed by atoms with Crippen molar-refractivity contribution in [2.45, 2.75) is 12.7 Å². The number of hydrogen-bond donors (Lipinski definition) is 1. The second kappa shape index (κ2) is 9.78. The number of hydrogen-bond acceptors (Lipinski definition) is 5. The first-order valence-corrected chi connectivity index (χ1v) is 9.73. The fraction of sp³-hybridized carbons (Fsp3) is 0.381. The van der Waals surface area contributed by atoms with Gasteiger partial charge in [-0.3, -0.25) is 19.5 Å². The van der Waals surface area contributed by atoms with Crippen LogP contribution in [0.5, 0.6) is 5.75 Å². The number of ether oxygens (including phenoxy) is 1. The Kier molecular flexibility index (Phi) is 7.11. The van der Waals surface area contributed by atoms with Crippen molar-refractivity contribution >= 4 is 11.8 Å². The molecule has 2 aromatic rings. The second-order valence-electron chi connectivity index (χ2n) is 7.13. The minimum absolute atomic E-state index is 0.137. The van der Waals surface area contributed by atoms with Crippen LogP contribution >= 0.6 is 0 Å². The summed E-state index contributed by atoms with van der Waals surface area (Å²) in [6.45, 7) is 1.74. The first-order valence-electron chi connectivity index (χ1n) is 9.73. The third-order valence-corrected chi connectivity index (χ3v) is 4.86. The Balaban J connectivity index is 1.48. The average Bonchev–Trinajstić information content (AvgIpc) is 2.78. The van der Waals surface area contributed by atoms with Crippen molar-refractivity contribution in [3.63, 3.8) is 0 Å². The summed E-state index contributed by atoms with van der Waals surface area (Å²) in [6, 6.07) is 9.64. The molecule has 166 valence electrons. The SMILES string of the molecule is CNC(=O)c1ccc(C(=O)N2CCN(Cc3ccc(OCC(F)(F)F)cc3)CC2)cn1. The summed E-state index contributed by atoms with van der Waals surface area (Å²) in [7, 11) is 1.51. The Morgan fingerprint density at radius 2 is 1.74 bits per heavy atom. The molecule has 0 saturated carbocycles. The van der Waals surface area contributed by atoms with Crippen LogP contribution in [0.15, 0.2) is 42.6 Å². The molecular formula is C21H23F3N4O3. The van der Waals surface area contributed by atoms with Crippen LogP contribution < -0.4 is 10.1 Å². The van der Waals surface area contributed by atoms with Crippen LogP contribution in [0.1, 0.15) is 26.4 Å². The zero-order chi connectivity index (χ0) is 22.4. The normalized spacial score (nSPS) is 14.9. The number of piperazine rings is 1. The lowest BCUT2D eigenvalue weighted by Crippen LogP contribution is -2.48. The molecule has 0 spiro atoms. The third-order valence-electron chi connectivity index (χ3n) is 4.86. The van der Waals surface area contributed by atoms with E-state index in [9.17, 15) is 22.8 Å². The Hall–Kier alpha value is -3.14. The standard InChI is InChI=1S/C21H23F3N4O3/c1-25-19(29)18-7-4-16(12-26-18)20(30)28-10-8-27(9-11-28)13-15-2-5-17(6-3-15)31-14-21(22,23)24/h2-7,12H,8-11,13-14H2,1H3,(H,25,29). The maximum atomic E-state index is 12.7. The molecule has 1 N–H and O–H groups in total. The highest BCUT2D eigenvalue weighted by Gasteiger charge is 2.28. The van der Waals surface area contributed by atoms with Gasteiger partial charge in [0.05, 0.1) is 5.56 Å². The molecule has 1 saturated heterocycles. The largest absolute Gasteiger partial charge is 0.484 e. The van der Waals surface area contributed by atoms with Gasteiger partial charge in [-0.1, -0.05) is 12.1 Å². The number of rotatable bonds is 6. The van der Waals surface area contributed by atoms with Gasteiger partial charge in [0.25, 0.3) is 11.8 Å². The van der Waals surface area contributed by atoms with Crippen molar-refractivity contribution in [3.05, 3.63) is 59.4 Å². The first-order chi connectivity index (χ1) is 14.7. The lowest BCUT2D eigenvalue weighted by Gasteiger charge is -2.34. The summed E-state index contributed by atoms with van der Waals surface area (Å²) >= 11 is 0. The molecule has 1 aromatic carbocycles. The van der Waals surface area contributed by atoms with Gasteiger partial charge in [-0.05, 0) is 29.8 Å². The van der Waals surface area contributed by atoms with Gasteiger partial charge in [-0.15, -0.1) is 0 Å². The van der Waals surface area contributed by atoms with E-state index in [1.54, 1.807) is 23.1 Å². The van der Waals surface area contributed by atoms with E-state index in [-0.39, 0.29) is 23.3 Å². The molecule has 10 heteroatoms. The van der Waals surface area contributed by atoms with Crippen molar-refractivity contribution in [3.8, 4) is 5.75 Å². The topological polar surface area (TPSA) is 74.8 Å². The molecule has 1 aliphatic rings. The number of amides is 2. The van der Waals surface area contributed by atoms with Gasteiger partial charge in [0, 0.05) is 46.0 Å². The van der Waals surface area contributed by atoms with Crippen molar-refractivity contribution in [1.29, 1.82) is 0 Å². The molecule has 0 unspecified atom stereocenters. The number of benzene rings is 1. The number of nitrogens with one attached hydrogen (secondary N) is 1. The van der Waals surface area contributed by atoms with E-state index < -0.39 is 12.8 Å². The predicted octanol–water partition coefficient (Wildman–Crippen LogP) is 2.34. The molecule has 0 bridgehead atoms. The molecule has 1 aromatic heterocycles. The number of alkyl halides is 3. The molecule has 7 nitrogen and oxygen atoms in total. The van der Waals surface area contributed by atoms with E-state index in [0.717, 1.165) is 5.56 Å². The Morgan fingerprint density at radius 3 is 2.29 bits per heavy atom. The fourth-order valence-electron chi connectivity index (χ4n) is 3.19. The van der Waals surface area contributed by atoms with Crippen LogP contribution in [0.3, 0.4) is 0 Å². The summed E-state index contributed by atoms with van der Waals surface area (Å²) in [5.41, 5.74) is 1.63. The minimum Gasteiger partial charge on any atom is -0.484 e. The molecule has 3 rings (SSSR count). The van der Waals surface area contributed by atoms with Crippen LogP contribution in [-0.4, -0.2) is 72.6 Å². The van der Waals surface area contributed by atoms with Crippen LogP contribution in [0.4, 0.5) is 13.2 Å². The molecule has 0 radical (unpaired) electrons. The van der Waals surface area contributed by atoms with E-state index in [2.05, 4.69) is 15.2 Å². The highest BCUT2D eigenvalue weighted by molar-refractivity contribution is 5.96. The van der Waals surface area contributed by atoms with Gasteiger partial charge in [-0.25, -0.2) is 0 Å². The maximum Gasteiger partial charge on any atom is 0.422 e. The van der Waals surface area contributed by atoms with Crippen LogP contribution in [-0.2, 0) is 6.54 Å². The van der Waals surface area contributed by atoms with Crippen molar-refractivity contribution in [2.75, 3.05) is 39.8 Å². The van der Waals surface area contributed by atoms with Crippen molar-refractivity contribution < 1.29 is 27.5 Å². The van der Waals surface area contributed by atoms with E-state index in [1.165, 1.54) is 31.4 Å². The Bertz CT molecular complexity index is 894. The Labute approximate surface area is 177 Å². The number of carbonyl (C=O) groups excluding carboxylic acids is 2.